The Morgan fingerprint density at radius 2 is 2.20 bits per heavy atom. The van der Waals surface area contributed by atoms with Gasteiger partial charge in [-0.2, -0.15) is 0 Å². The van der Waals surface area contributed by atoms with Crippen molar-refractivity contribution in [2.24, 2.45) is 0 Å². The quantitative estimate of drug-likeness (QED) is 0.537. The van der Waals surface area contributed by atoms with Crippen LogP contribution >= 0.6 is 0 Å². The van der Waals surface area contributed by atoms with Gasteiger partial charge in [0.2, 0.25) is 5.91 Å². The molecular weight excluding hydrogens is 196 g/mol. The first-order valence-corrected chi connectivity index (χ1v) is 5.15. The summed E-state index contributed by atoms with van der Waals surface area (Å²) < 4.78 is 4.78. The fraction of sp³-hybridized carbons (Fsp3) is 0.900. The minimum atomic E-state index is -0.473. The first-order valence-electron chi connectivity index (χ1n) is 5.15. The molecule has 0 aromatic heterocycles. The van der Waals surface area contributed by atoms with E-state index in [0.29, 0.717) is 19.6 Å². The van der Waals surface area contributed by atoms with E-state index in [1.165, 1.54) is 0 Å². The van der Waals surface area contributed by atoms with Crippen molar-refractivity contribution >= 4 is 5.91 Å². The number of rotatable bonds is 8. The van der Waals surface area contributed by atoms with Crippen molar-refractivity contribution in [1.29, 1.82) is 0 Å². The highest BCUT2D eigenvalue weighted by Crippen LogP contribution is 1.92. The molecule has 5 heteroatoms. The Kier molecular flexibility index (Phi) is 8.27. The summed E-state index contributed by atoms with van der Waals surface area (Å²) in [5.74, 6) is 0.134. The summed E-state index contributed by atoms with van der Waals surface area (Å²) in [7, 11) is 5.05. The maximum absolute atomic E-state index is 11.2. The van der Waals surface area contributed by atoms with Gasteiger partial charge in [0, 0.05) is 34.2 Å². The molecule has 0 aromatic rings. The van der Waals surface area contributed by atoms with Gasteiger partial charge in [-0.3, -0.25) is 4.79 Å². The van der Waals surface area contributed by atoms with Crippen LogP contribution in [-0.4, -0.2) is 62.9 Å². The van der Waals surface area contributed by atoms with Crippen molar-refractivity contribution in [3.63, 3.8) is 0 Å². The molecular formula is C10H22N2O3. The van der Waals surface area contributed by atoms with Crippen LogP contribution in [-0.2, 0) is 9.53 Å². The van der Waals surface area contributed by atoms with Crippen LogP contribution in [0, 0.1) is 0 Å². The van der Waals surface area contributed by atoms with E-state index < -0.39 is 6.10 Å². The lowest BCUT2D eigenvalue weighted by molar-refractivity contribution is -0.128. The van der Waals surface area contributed by atoms with E-state index in [-0.39, 0.29) is 5.91 Å². The lowest BCUT2D eigenvalue weighted by atomic mass is 10.3. The standard InChI is InChI=1S/C10H22N2O3/c1-12(2)10(14)5-4-6-11-7-9(13)8-15-3/h9,11,13H,4-8H2,1-3H3. The number of nitrogens with one attached hydrogen (secondary N) is 1. The number of carbonyl (C=O) groups is 1. The largest absolute Gasteiger partial charge is 0.389 e. The molecule has 0 saturated carbocycles. The minimum Gasteiger partial charge on any atom is -0.389 e. The van der Waals surface area contributed by atoms with E-state index in [4.69, 9.17) is 4.74 Å². The maximum Gasteiger partial charge on any atom is 0.222 e. The molecule has 0 heterocycles. The molecule has 0 aliphatic carbocycles. The highest BCUT2D eigenvalue weighted by atomic mass is 16.5. The summed E-state index contributed by atoms with van der Waals surface area (Å²) in [4.78, 5) is 12.8. The SMILES string of the molecule is COCC(O)CNCCCC(=O)N(C)C. The van der Waals surface area contributed by atoms with E-state index in [1.54, 1.807) is 26.1 Å². The van der Waals surface area contributed by atoms with Crippen molar-refractivity contribution in [3.05, 3.63) is 0 Å². The fourth-order valence-electron chi connectivity index (χ4n) is 1.11. The van der Waals surface area contributed by atoms with Crippen LogP contribution in [0.15, 0.2) is 0 Å². The van der Waals surface area contributed by atoms with Gasteiger partial charge in [0.25, 0.3) is 0 Å². The number of hydrogen-bond acceptors (Lipinski definition) is 4. The smallest absolute Gasteiger partial charge is 0.222 e. The minimum absolute atomic E-state index is 0.134. The second-order valence-electron chi connectivity index (χ2n) is 3.71. The van der Waals surface area contributed by atoms with E-state index in [9.17, 15) is 9.90 Å². The summed E-state index contributed by atoms with van der Waals surface area (Å²) >= 11 is 0. The zero-order valence-corrected chi connectivity index (χ0v) is 9.82. The molecule has 90 valence electrons. The van der Waals surface area contributed by atoms with Gasteiger partial charge < -0.3 is 20.1 Å². The zero-order valence-electron chi connectivity index (χ0n) is 9.82. The van der Waals surface area contributed by atoms with E-state index >= 15 is 0 Å². The second-order valence-corrected chi connectivity index (χ2v) is 3.71. The molecule has 0 aliphatic heterocycles. The molecule has 1 unspecified atom stereocenters. The third-order valence-corrected chi connectivity index (χ3v) is 1.98. The number of ether oxygens (including phenoxy) is 1. The first kappa shape index (κ1) is 14.3. The molecule has 0 spiro atoms. The second kappa shape index (κ2) is 8.64. The topological polar surface area (TPSA) is 61.8 Å². The highest BCUT2D eigenvalue weighted by molar-refractivity contribution is 5.75. The number of aliphatic hydroxyl groups is 1. The average molecular weight is 218 g/mol. The van der Waals surface area contributed by atoms with Crippen molar-refractivity contribution in [1.82, 2.24) is 10.2 Å². The molecule has 1 atom stereocenters. The molecule has 0 rings (SSSR count). The van der Waals surface area contributed by atoms with Crippen LogP contribution < -0.4 is 5.32 Å². The van der Waals surface area contributed by atoms with Crippen molar-refractivity contribution < 1.29 is 14.6 Å². The van der Waals surface area contributed by atoms with Crippen LogP contribution in [0.4, 0.5) is 0 Å². The molecule has 15 heavy (non-hydrogen) atoms. The van der Waals surface area contributed by atoms with Crippen LogP contribution in [0.2, 0.25) is 0 Å². The summed E-state index contributed by atoms with van der Waals surface area (Å²) in [6.45, 7) is 1.58. The van der Waals surface area contributed by atoms with Gasteiger partial charge in [-0.05, 0) is 13.0 Å². The van der Waals surface area contributed by atoms with E-state index in [0.717, 1.165) is 13.0 Å². The molecule has 0 fully saturated rings. The lowest BCUT2D eigenvalue weighted by Gasteiger charge is -2.12. The predicted molar refractivity (Wildman–Crippen MR) is 58.7 cm³/mol. The van der Waals surface area contributed by atoms with Gasteiger partial charge in [0.15, 0.2) is 0 Å². The van der Waals surface area contributed by atoms with Gasteiger partial charge in [0.05, 0.1) is 12.7 Å². The lowest BCUT2D eigenvalue weighted by Crippen LogP contribution is -2.31. The van der Waals surface area contributed by atoms with Crippen LogP contribution in [0.25, 0.3) is 0 Å². The number of hydrogen-bond donors (Lipinski definition) is 2. The first-order chi connectivity index (χ1) is 7.07. The fourth-order valence-corrected chi connectivity index (χ4v) is 1.11. The Bertz CT molecular complexity index is 174. The molecule has 0 saturated heterocycles. The highest BCUT2D eigenvalue weighted by Gasteiger charge is 2.04. The monoisotopic (exact) mass is 218 g/mol. The number of nitrogens with zero attached hydrogens (tertiary/aromatic N) is 1. The van der Waals surface area contributed by atoms with Gasteiger partial charge in [-0.15, -0.1) is 0 Å². The van der Waals surface area contributed by atoms with Gasteiger partial charge in [-0.1, -0.05) is 0 Å². The average Bonchev–Trinajstić information content (AvgIpc) is 2.17. The Morgan fingerprint density at radius 3 is 2.73 bits per heavy atom. The van der Waals surface area contributed by atoms with Crippen LogP contribution in [0.3, 0.4) is 0 Å². The summed E-state index contributed by atoms with van der Waals surface area (Å²) in [6.07, 6.45) is 0.858. The van der Waals surface area contributed by atoms with Crippen molar-refractivity contribution in [3.8, 4) is 0 Å². The van der Waals surface area contributed by atoms with Crippen molar-refractivity contribution in [2.45, 2.75) is 18.9 Å². The molecule has 0 radical (unpaired) electrons. The maximum atomic E-state index is 11.2. The summed E-state index contributed by atoms with van der Waals surface area (Å²) in [6, 6.07) is 0. The van der Waals surface area contributed by atoms with Crippen LogP contribution in [0.5, 0.6) is 0 Å². The molecule has 0 bridgehead atoms. The summed E-state index contributed by atoms with van der Waals surface area (Å²) in [5.41, 5.74) is 0. The molecule has 5 nitrogen and oxygen atoms in total. The number of aliphatic hydroxyl groups excluding tert-OH is 1. The normalized spacial score (nSPS) is 12.5. The Morgan fingerprint density at radius 1 is 1.53 bits per heavy atom. The molecule has 0 aliphatic rings. The van der Waals surface area contributed by atoms with Crippen LogP contribution in [0.1, 0.15) is 12.8 Å². The molecule has 0 aromatic carbocycles. The Labute approximate surface area is 91.4 Å². The number of amides is 1. The number of methoxy groups -OCH3 is 1. The van der Waals surface area contributed by atoms with Gasteiger partial charge in [-0.25, -0.2) is 0 Å². The Hall–Kier alpha value is -0.650. The molecule has 2 N–H and O–H groups in total. The zero-order chi connectivity index (χ0) is 11.7. The van der Waals surface area contributed by atoms with E-state index in [2.05, 4.69) is 5.32 Å². The van der Waals surface area contributed by atoms with E-state index in [1.807, 2.05) is 0 Å². The summed E-state index contributed by atoms with van der Waals surface area (Å²) in [5, 5.41) is 12.3. The molecule has 1 amide bonds. The van der Waals surface area contributed by atoms with Gasteiger partial charge in [0.1, 0.15) is 0 Å². The Balaban J connectivity index is 3.28. The van der Waals surface area contributed by atoms with Gasteiger partial charge >= 0.3 is 0 Å². The van der Waals surface area contributed by atoms with Crippen molar-refractivity contribution in [2.75, 3.05) is 40.9 Å². The number of carbonyl (C=O) groups excluding carboxylic acids is 1. The third kappa shape index (κ3) is 8.35. The third-order valence-electron chi connectivity index (χ3n) is 1.98. The predicted octanol–water partition coefficient (Wildman–Crippen LogP) is -0.548.